The van der Waals surface area contributed by atoms with Gasteiger partial charge in [0.2, 0.25) is 0 Å². The molecule has 36 heavy (non-hydrogen) atoms. The molecule has 0 saturated carbocycles. The topological polar surface area (TPSA) is 72.9 Å². The summed E-state index contributed by atoms with van der Waals surface area (Å²) in [5, 5.41) is 1.71. The minimum Gasteiger partial charge on any atom is -0.496 e. The van der Waals surface area contributed by atoms with E-state index in [1.807, 2.05) is 27.7 Å². The molecular formula is C22H32BF6N3O4. The molecular weight excluding hydrogens is 495 g/mol. The number of rotatable bonds is 8. The molecule has 2 heterocycles. The van der Waals surface area contributed by atoms with Gasteiger partial charge in [-0.05, 0) is 54.0 Å². The minimum absolute atomic E-state index is 0.0314. The number of carbonyl (C=O) groups is 1. The number of carbonyl (C=O) groups excluding carboxylic acids is 1. The van der Waals surface area contributed by atoms with Gasteiger partial charge in [0.1, 0.15) is 11.8 Å². The molecule has 2 atom stereocenters. The SMILES string of the molecule is CCN(C(=O)N[C@@H](CCC(F)(F)F)C(F)(F)F)[C@H](C)c1cc(B2OC(C)(C)C(C)(C)O2)c(OC)cn1. The number of hydrogen-bond donors (Lipinski definition) is 1. The van der Waals surface area contributed by atoms with Crippen LogP contribution in [0.15, 0.2) is 12.3 Å². The first-order valence-corrected chi connectivity index (χ1v) is 11.4. The number of amides is 2. The summed E-state index contributed by atoms with van der Waals surface area (Å²) >= 11 is 0. The Morgan fingerprint density at radius 3 is 2.17 bits per heavy atom. The highest BCUT2D eigenvalue weighted by Gasteiger charge is 2.52. The van der Waals surface area contributed by atoms with Gasteiger partial charge < -0.3 is 24.3 Å². The molecule has 0 spiro atoms. The number of nitrogens with one attached hydrogen (secondary N) is 1. The lowest BCUT2D eigenvalue weighted by atomic mass is 9.78. The number of hydrogen-bond acceptors (Lipinski definition) is 5. The number of urea groups is 1. The van der Waals surface area contributed by atoms with Crippen molar-refractivity contribution in [1.82, 2.24) is 15.2 Å². The Labute approximate surface area is 207 Å². The average molecular weight is 527 g/mol. The molecule has 1 aromatic rings. The van der Waals surface area contributed by atoms with Crippen LogP contribution in [0.5, 0.6) is 5.75 Å². The van der Waals surface area contributed by atoms with Gasteiger partial charge in [0.25, 0.3) is 0 Å². The van der Waals surface area contributed by atoms with E-state index in [4.69, 9.17) is 14.0 Å². The summed E-state index contributed by atoms with van der Waals surface area (Å²) in [6.07, 6.45) is -11.5. The van der Waals surface area contributed by atoms with E-state index in [1.165, 1.54) is 20.2 Å². The molecule has 1 aliphatic rings. The number of nitrogens with zero attached hydrogens (tertiary/aromatic N) is 2. The summed E-state index contributed by atoms with van der Waals surface area (Å²) < 4.78 is 95.0. The van der Waals surface area contributed by atoms with Gasteiger partial charge in [0.15, 0.2) is 0 Å². The molecule has 0 unspecified atom stereocenters. The minimum atomic E-state index is -5.05. The van der Waals surface area contributed by atoms with E-state index in [0.29, 0.717) is 16.9 Å². The molecule has 2 amide bonds. The molecule has 14 heteroatoms. The van der Waals surface area contributed by atoms with Crippen molar-refractivity contribution in [3.05, 3.63) is 18.0 Å². The Bertz CT molecular complexity index is 910. The molecule has 2 rings (SSSR count). The third-order valence-electron chi connectivity index (χ3n) is 6.55. The van der Waals surface area contributed by atoms with Gasteiger partial charge >= 0.3 is 25.5 Å². The standard InChI is InChI=1S/C22H32BF6N3O4/c1-8-32(18(33)31-17(22(27,28)29)9-10-21(24,25)26)13(2)15-11-14(16(34-7)12-30-15)23-35-19(3,4)20(5,6)36-23/h11-13,17H,8-10H2,1-7H3,(H,31,33)/t13-,17+/m1/s1. The maximum atomic E-state index is 13.3. The van der Waals surface area contributed by atoms with Crippen LogP contribution < -0.4 is 15.5 Å². The highest BCUT2D eigenvalue weighted by Crippen LogP contribution is 2.37. The molecule has 204 valence electrons. The van der Waals surface area contributed by atoms with Crippen molar-refractivity contribution in [2.45, 2.75) is 90.0 Å². The van der Waals surface area contributed by atoms with Gasteiger partial charge in [-0.15, -0.1) is 0 Å². The second kappa shape index (κ2) is 10.6. The lowest BCUT2D eigenvalue weighted by Crippen LogP contribution is -2.51. The fourth-order valence-electron chi connectivity index (χ4n) is 3.64. The van der Waals surface area contributed by atoms with Crippen molar-refractivity contribution in [3.8, 4) is 5.75 Å². The predicted molar refractivity (Wildman–Crippen MR) is 121 cm³/mol. The monoisotopic (exact) mass is 527 g/mol. The van der Waals surface area contributed by atoms with Crippen molar-refractivity contribution in [3.63, 3.8) is 0 Å². The summed E-state index contributed by atoms with van der Waals surface area (Å²) in [5.41, 5.74) is -0.536. The van der Waals surface area contributed by atoms with Gasteiger partial charge in [-0.3, -0.25) is 4.98 Å². The van der Waals surface area contributed by atoms with Crippen LogP contribution >= 0.6 is 0 Å². The van der Waals surface area contributed by atoms with E-state index >= 15 is 0 Å². The van der Waals surface area contributed by atoms with E-state index in [0.717, 1.165) is 4.90 Å². The zero-order valence-electron chi connectivity index (χ0n) is 21.3. The van der Waals surface area contributed by atoms with E-state index < -0.39 is 61.6 Å². The highest BCUT2D eigenvalue weighted by molar-refractivity contribution is 6.63. The predicted octanol–water partition coefficient (Wildman–Crippen LogP) is 4.76. The third kappa shape index (κ3) is 6.96. The quantitative estimate of drug-likeness (QED) is 0.390. The van der Waals surface area contributed by atoms with Crippen LogP contribution in [0, 0.1) is 0 Å². The van der Waals surface area contributed by atoms with Gasteiger partial charge in [-0.2, -0.15) is 26.3 Å². The number of aromatic nitrogens is 1. The Hall–Kier alpha value is -2.22. The summed E-state index contributed by atoms with van der Waals surface area (Å²) in [5.74, 6) is 0.348. The van der Waals surface area contributed by atoms with Crippen molar-refractivity contribution < 1.29 is 45.2 Å². The Kier molecular flexibility index (Phi) is 8.87. The summed E-state index contributed by atoms with van der Waals surface area (Å²) in [6.45, 7) is 10.5. The number of ether oxygens (including phenoxy) is 1. The summed E-state index contributed by atoms with van der Waals surface area (Å²) in [7, 11) is 0.596. The van der Waals surface area contributed by atoms with E-state index in [-0.39, 0.29) is 6.54 Å². The molecule has 1 aromatic heterocycles. The van der Waals surface area contributed by atoms with Crippen LogP contribution in [-0.4, -0.2) is 66.3 Å². The van der Waals surface area contributed by atoms with Crippen molar-refractivity contribution in [1.29, 1.82) is 0 Å². The lowest BCUT2D eigenvalue weighted by molar-refractivity contribution is -0.171. The van der Waals surface area contributed by atoms with Crippen molar-refractivity contribution in [2.24, 2.45) is 0 Å². The van der Waals surface area contributed by atoms with E-state index in [9.17, 15) is 31.1 Å². The van der Waals surface area contributed by atoms with Gasteiger partial charge in [-0.25, -0.2) is 4.79 Å². The number of methoxy groups -OCH3 is 1. The number of alkyl halides is 6. The Morgan fingerprint density at radius 2 is 1.72 bits per heavy atom. The van der Waals surface area contributed by atoms with Crippen LogP contribution in [0.1, 0.15) is 66.1 Å². The largest absolute Gasteiger partial charge is 0.498 e. The number of halogens is 6. The third-order valence-corrected chi connectivity index (χ3v) is 6.55. The van der Waals surface area contributed by atoms with Gasteiger partial charge in [0, 0.05) is 18.4 Å². The zero-order chi connectivity index (χ0) is 27.7. The Balaban J connectivity index is 2.29. The zero-order valence-corrected chi connectivity index (χ0v) is 21.3. The molecule has 0 radical (unpaired) electrons. The molecule has 7 nitrogen and oxygen atoms in total. The van der Waals surface area contributed by atoms with Gasteiger partial charge in [-0.1, -0.05) is 0 Å². The van der Waals surface area contributed by atoms with Gasteiger partial charge in [0.05, 0.1) is 36.2 Å². The molecule has 0 aliphatic carbocycles. The molecule has 0 bridgehead atoms. The van der Waals surface area contributed by atoms with Crippen LogP contribution in [0.3, 0.4) is 0 Å². The van der Waals surface area contributed by atoms with Crippen LogP contribution in [-0.2, 0) is 9.31 Å². The normalized spacial score (nSPS) is 19.1. The maximum absolute atomic E-state index is 13.3. The van der Waals surface area contributed by atoms with Crippen molar-refractivity contribution >= 4 is 18.6 Å². The smallest absolute Gasteiger partial charge is 0.496 e. The van der Waals surface area contributed by atoms with E-state index in [2.05, 4.69) is 4.98 Å². The first-order valence-electron chi connectivity index (χ1n) is 11.4. The fraction of sp³-hybridized carbons (Fsp3) is 0.727. The molecule has 0 aromatic carbocycles. The molecule has 1 aliphatic heterocycles. The average Bonchev–Trinajstić information content (AvgIpc) is 2.96. The maximum Gasteiger partial charge on any atom is 0.498 e. The van der Waals surface area contributed by atoms with Crippen molar-refractivity contribution in [2.75, 3.05) is 13.7 Å². The van der Waals surface area contributed by atoms with Crippen LogP contribution in [0.4, 0.5) is 31.1 Å². The highest BCUT2D eigenvalue weighted by atomic mass is 19.4. The first kappa shape index (κ1) is 30.0. The summed E-state index contributed by atoms with van der Waals surface area (Å²) in [4.78, 5) is 18.1. The summed E-state index contributed by atoms with van der Waals surface area (Å²) in [6, 6.07) is -3.08. The lowest BCUT2D eigenvalue weighted by Gasteiger charge is -2.32. The fourth-order valence-corrected chi connectivity index (χ4v) is 3.64. The molecule has 1 fully saturated rings. The first-order chi connectivity index (χ1) is 16.3. The Morgan fingerprint density at radius 1 is 1.17 bits per heavy atom. The number of pyridine rings is 1. The molecule has 1 N–H and O–H groups in total. The van der Waals surface area contributed by atoms with Crippen LogP contribution in [0.2, 0.25) is 0 Å². The second-order valence-corrected chi connectivity index (χ2v) is 9.60. The molecule has 1 saturated heterocycles. The van der Waals surface area contributed by atoms with Crippen LogP contribution in [0.25, 0.3) is 0 Å². The second-order valence-electron chi connectivity index (χ2n) is 9.60. The van der Waals surface area contributed by atoms with E-state index in [1.54, 1.807) is 18.3 Å².